The predicted molar refractivity (Wildman–Crippen MR) is 135 cm³/mol. The first-order chi connectivity index (χ1) is 15.4. The van der Waals surface area contributed by atoms with Gasteiger partial charge in [0.05, 0.1) is 5.69 Å². The second kappa shape index (κ2) is 6.61. The summed E-state index contributed by atoms with van der Waals surface area (Å²) in [7, 11) is 0. The summed E-state index contributed by atoms with van der Waals surface area (Å²) in [6, 6.07) is 29.3. The van der Waals surface area contributed by atoms with E-state index in [0.717, 1.165) is 19.4 Å². The average molecular weight is 420 g/mol. The summed E-state index contributed by atoms with van der Waals surface area (Å²) in [5.74, 6) is 0. The third kappa shape index (κ3) is 2.35. The van der Waals surface area contributed by atoms with Crippen LogP contribution in [0.2, 0.25) is 0 Å². The molecule has 3 aromatic carbocycles. The molecule has 32 heavy (non-hydrogen) atoms. The van der Waals surface area contributed by atoms with Gasteiger partial charge in [-0.15, -0.1) is 0 Å². The molecule has 0 atom stereocenters. The number of rotatable bonds is 4. The van der Waals surface area contributed by atoms with Gasteiger partial charge in [-0.1, -0.05) is 100 Å². The minimum absolute atomic E-state index is 0.0657. The Morgan fingerprint density at radius 2 is 1.41 bits per heavy atom. The van der Waals surface area contributed by atoms with Crippen molar-refractivity contribution in [3.8, 4) is 11.3 Å². The second-order valence-corrected chi connectivity index (χ2v) is 11.2. The molecule has 0 radical (unpaired) electrons. The summed E-state index contributed by atoms with van der Waals surface area (Å²) in [5.41, 5.74) is 9.44. The van der Waals surface area contributed by atoms with E-state index in [2.05, 4.69) is 111 Å². The Morgan fingerprint density at radius 1 is 0.750 bits per heavy atom. The van der Waals surface area contributed by atoms with Crippen molar-refractivity contribution in [1.82, 2.24) is 4.57 Å². The number of aryl methyl sites for hydroxylation is 2. The van der Waals surface area contributed by atoms with E-state index in [9.17, 15) is 0 Å². The quantitative estimate of drug-likeness (QED) is 0.316. The van der Waals surface area contributed by atoms with Crippen LogP contribution in [0.5, 0.6) is 0 Å². The zero-order valence-corrected chi connectivity index (χ0v) is 19.8. The van der Waals surface area contributed by atoms with Crippen LogP contribution in [0.4, 0.5) is 0 Å². The van der Waals surface area contributed by atoms with Crippen LogP contribution in [0.3, 0.4) is 0 Å². The van der Waals surface area contributed by atoms with Gasteiger partial charge in [-0.05, 0) is 52.8 Å². The zero-order valence-electron chi connectivity index (χ0n) is 19.8. The van der Waals surface area contributed by atoms with Gasteiger partial charge >= 0.3 is 0 Å². The molecule has 1 fully saturated rings. The van der Waals surface area contributed by atoms with E-state index in [1.54, 1.807) is 11.1 Å². The van der Waals surface area contributed by atoms with E-state index in [0.29, 0.717) is 0 Å². The lowest BCUT2D eigenvalue weighted by Crippen LogP contribution is -2.63. The summed E-state index contributed by atoms with van der Waals surface area (Å²) in [6.07, 6.45) is 3.52. The van der Waals surface area contributed by atoms with Crippen LogP contribution < -0.4 is 0 Å². The highest BCUT2D eigenvalue weighted by Gasteiger charge is 2.70. The molecule has 1 nitrogen and oxygen atoms in total. The third-order valence-corrected chi connectivity index (χ3v) is 8.54. The molecule has 6 rings (SSSR count). The number of fused-ring (bicyclic) bond motifs is 7. The fourth-order valence-electron chi connectivity index (χ4n) is 8.02. The normalized spacial score (nSPS) is 19.0. The van der Waals surface area contributed by atoms with Gasteiger partial charge in [0, 0.05) is 28.4 Å². The van der Waals surface area contributed by atoms with Crippen molar-refractivity contribution in [1.29, 1.82) is 0 Å². The van der Waals surface area contributed by atoms with E-state index < -0.39 is 0 Å². The maximum atomic E-state index is 2.64. The van der Waals surface area contributed by atoms with Crippen LogP contribution in [0.15, 0.2) is 78.9 Å². The molecule has 0 saturated heterocycles. The molecule has 1 spiro atoms. The van der Waals surface area contributed by atoms with Gasteiger partial charge in [0.2, 0.25) is 0 Å². The smallest absolute Gasteiger partial charge is 0.0536 e. The van der Waals surface area contributed by atoms with Gasteiger partial charge in [-0.2, -0.15) is 0 Å². The molecule has 0 aliphatic heterocycles. The maximum Gasteiger partial charge on any atom is 0.0536 e. The zero-order chi connectivity index (χ0) is 22.1. The highest BCUT2D eigenvalue weighted by molar-refractivity contribution is 5.99. The van der Waals surface area contributed by atoms with Crippen LogP contribution in [-0.4, -0.2) is 4.57 Å². The lowest BCUT2D eigenvalue weighted by atomic mass is 9.35. The Morgan fingerprint density at radius 3 is 2.16 bits per heavy atom. The number of hydrogen-bond acceptors (Lipinski definition) is 0. The van der Waals surface area contributed by atoms with E-state index >= 15 is 0 Å². The van der Waals surface area contributed by atoms with E-state index in [-0.39, 0.29) is 16.2 Å². The molecule has 0 bridgehead atoms. The summed E-state index contributed by atoms with van der Waals surface area (Å²) in [5, 5.41) is 1.46. The minimum atomic E-state index is 0.0657. The lowest BCUT2D eigenvalue weighted by molar-refractivity contribution is -0.0849. The third-order valence-electron chi connectivity index (χ3n) is 8.54. The van der Waals surface area contributed by atoms with Crippen molar-refractivity contribution in [2.45, 2.75) is 58.9 Å². The topological polar surface area (TPSA) is 4.93 Å². The minimum Gasteiger partial charge on any atom is -0.340 e. The SMILES string of the molecule is CC1(C)CC(C)(C)C12c1ccccc1-c1c2c2ccccc2n1CCCc1ccccc1. The van der Waals surface area contributed by atoms with Crippen molar-refractivity contribution in [3.63, 3.8) is 0 Å². The van der Waals surface area contributed by atoms with Crippen LogP contribution in [0.1, 0.15) is 57.2 Å². The van der Waals surface area contributed by atoms with E-state index in [1.807, 2.05) is 0 Å². The molecular weight excluding hydrogens is 386 g/mol. The largest absolute Gasteiger partial charge is 0.340 e. The van der Waals surface area contributed by atoms with Gasteiger partial charge in [-0.3, -0.25) is 0 Å². The summed E-state index contributed by atoms with van der Waals surface area (Å²) >= 11 is 0. The fourth-order valence-corrected chi connectivity index (χ4v) is 8.02. The molecule has 1 heterocycles. The van der Waals surface area contributed by atoms with Crippen LogP contribution in [0.25, 0.3) is 22.2 Å². The first-order valence-corrected chi connectivity index (χ1v) is 12.1. The summed E-state index contributed by atoms with van der Waals surface area (Å²) < 4.78 is 2.64. The van der Waals surface area contributed by atoms with Crippen LogP contribution in [-0.2, 0) is 18.4 Å². The Balaban J connectivity index is 1.57. The number of benzene rings is 3. The highest BCUT2D eigenvalue weighted by Crippen LogP contribution is 2.76. The number of para-hydroxylation sites is 1. The molecule has 0 unspecified atom stereocenters. The maximum absolute atomic E-state index is 2.64. The molecule has 0 amide bonds. The Hall–Kier alpha value is -2.80. The van der Waals surface area contributed by atoms with E-state index in [4.69, 9.17) is 0 Å². The van der Waals surface area contributed by atoms with Gasteiger partial charge in [-0.25, -0.2) is 0 Å². The molecular formula is C31H33N. The first-order valence-electron chi connectivity index (χ1n) is 12.1. The van der Waals surface area contributed by atoms with Crippen LogP contribution in [0, 0.1) is 10.8 Å². The molecule has 4 aromatic rings. The van der Waals surface area contributed by atoms with E-state index in [1.165, 1.54) is 34.1 Å². The van der Waals surface area contributed by atoms with Gasteiger partial charge < -0.3 is 4.57 Å². The Bertz CT molecular complexity index is 1310. The molecule has 162 valence electrons. The molecule has 1 heteroatoms. The van der Waals surface area contributed by atoms with Crippen molar-refractivity contribution >= 4 is 10.9 Å². The molecule has 0 N–H and O–H groups in total. The number of nitrogens with zero attached hydrogens (tertiary/aromatic N) is 1. The van der Waals surface area contributed by atoms with Crippen molar-refractivity contribution in [2.24, 2.45) is 10.8 Å². The van der Waals surface area contributed by atoms with Crippen molar-refractivity contribution in [3.05, 3.63) is 95.6 Å². The number of aromatic nitrogens is 1. The second-order valence-electron chi connectivity index (χ2n) is 11.2. The first kappa shape index (κ1) is 19.9. The Kier molecular flexibility index (Phi) is 4.10. The van der Waals surface area contributed by atoms with Crippen LogP contribution >= 0.6 is 0 Å². The fraction of sp³-hybridized carbons (Fsp3) is 0.355. The molecule has 2 aliphatic rings. The van der Waals surface area contributed by atoms with Gasteiger partial charge in [0.25, 0.3) is 0 Å². The molecule has 1 aromatic heterocycles. The monoisotopic (exact) mass is 419 g/mol. The highest BCUT2D eigenvalue weighted by atomic mass is 15.0. The van der Waals surface area contributed by atoms with Crippen molar-refractivity contribution in [2.75, 3.05) is 0 Å². The lowest BCUT2D eigenvalue weighted by Gasteiger charge is -2.67. The standard InChI is InChI=1S/C31H33N/c1-29(2)21-30(3,4)31(29)25-18-10-8-16-23(25)28-27(31)24-17-9-11-19-26(24)32(28)20-12-15-22-13-6-5-7-14-22/h5-11,13-14,16-19H,12,15,20-21H2,1-4H3. The number of hydrogen-bond donors (Lipinski definition) is 0. The summed E-state index contributed by atoms with van der Waals surface area (Å²) in [4.78, 5) is 0. The van der Waals surface area contributed by atoms with Gasteiger partial charge in [0.1, 0.15) is 0 Å². The predicted octanol–water partition coefficient (Wildman–Crippen LogP) is 8.00. The average Bonchev–Trinajstić information content (AvgIpc) is 3.27. The Labute approximate surface area is 192 Å². The van der Waals surface area contributed by atoms with Gasteiger partial charge in [0.15, 0.2) is 0 Å². The summed E-state index contributed by atoms with van der Waals surface area (Å²) in [6.45, 7) is 11.0. The molecule has 1 saturated carbocycles. The molecule has 2 aliphatic carbocycles. The van der Waals surface area contributed by atoms with Crippen molar-refractivity contribution < 1.29 is 0 Å².